The second kappa shape index (κ2) is 6.52. The molecule has 1 aromatic rings. The molecule has 2 heterocycles. The molecular formula is C11H17ClN2OS. The van der Waals surface area contributed by atoms with Crippen LogP contribution in [0.15, 0.2) is 0 Å². The number of hydrogen-bond donors (Lipinski definition) is 0. The van der Waals surface area contributed by atoms with Crippen molar-refractivity contribution in [3.63, 3.8) is 0 Å². The van der Waals surface area contributed by atoms with E-state index < -0.39 is 0 Å². The summed E-state index contributed by atoms with van der Waals surface area (Å²) in [7, 11) is 0. The van der Waals surface area contributed by atoms with Crippen LogP contribution in [0, 0.1) is 0 Å². The minimum atomic E-state index is 0.454. The lowest BCUT2D eigenvalue weighted by molar-refractivity contribution is 0.104. The van der Waals surface area contributed by atoms with Crippen molar-refractivity contribution in [3.05, 3.63) is 10.0 Å². The largest absolute Gasteiger partial charge is 0.378 e. The van der Waals surface area contributed by atoms with E-state index in [0.717, 1.165) is 42.3 Å². The molecule has 3 nitrogen and oxygen atoms in total. The summed E-state index contributed by atoms with van der Waals surface area (Å²) in [4.78, 5) is 0. The van der Waals surface area contributed by atoms with Crippen molar-refractivity contribution in [1.82, 2.24) is 10.2 Å². The van der Waals surface area contributed by atoms with E-state index in [0.29, 0.717) is 12.0 Å². The molecule has 1 aromatic heterocycles. The molecule has 0 radical (unpaired) electrons. The Kier molecular flexibility index (Phi) is 5.00. The summed E-state index contributed by atoms with van der Waals surface area (Å²) in [5.74, 6) is 0.699. The van der Waals surface area contributed by atoms with Crippen molar-refractivity contribution in [3.8, 4) is 0 Å². The highest BCUT2D eigenvalue weighted by Gasteiger charge is 2.16. The predicted molar refractivity (Wildman–Crippen MR) is 66.2 cm³/mol. The van der Waals surface area contributed by atoms with Crippen LogP contribution in [0.25, 0.3) is 0 Å². The second-order valence-electron chi connectivity index (χ2n) is 4.06. The van der Waals surface area contributed by atoms with Crippen molar-refractivity contribution < 1.29 is 4.74 Å². The van der Waals surface area contributed by atoms with E-state index in [4.69, 9.17) is 16.3 Å². The Bertz CT molecular complexity index is 313. The van der Waals surface area contributed by atoms with Crippen LogP contribution in [-0.2, 0) is 17.6 Å². The van der Waals surface area contributed by atoms with Gasteiger partial charge in [-0.05, 0) is 25.7 Å². The number of hydrogen-bond acceptors (Lipinski definition) is 4. The molecule has 1 aliphatic rings. The summed E-state index contributed by atoms with van der Waals surface area (Å²) < 4.78 is 5.59. The fraction of sp³-hybridized carbons (Fsp3) is 0.818. The monoisotopic (exact) mass is 260 g/mol. The highest BCUT2D eigenvalue weighted by molar-refractivity contribution is 7.11. The molecule has 90 valence electrons. The molecule has 5 heteroatoms. The van der Waals surface area contributed by atoms with E-state index >= 15 is 0 Å². The number of aryl methyl sites for hydroxylation is 2. The van der Waals surface area contributed by atoms with Crippen molar-refractivity contribution in [2.75, 3.05) is 12.5 Å². The first-order valence-electron chi connectivity index (χ1n) is 5.87. The van der Waals surface area contributed by atoms with Gasteiger partial charge in [-0.1, -0.05) is 0 Å². The third kappa shape index (κ3) is 3.68. The Labute approximate surface area is 105 Å². The molecule has 0 amide bonds. The first-order chi connectivity index (χ1) is 7.88. The Balaban J connectivity index is 1.73. The number of alkyl halides is 1. The van der Waals surface area contributed by atoms with Crippen LogP contribution in [0.1, 0.15) is 35.7 Å². The van der Waals surface area contributed by atoms with E-state index in [-0.39, 0.29) is 0 Å². The van der Waals surface area contributed by atoms with Crippen LogP contribution in [0.4, 0.5) is 0 Å². The SMILES string of the molecule is ClCCCc1nnc(CCC2CCCO2)s1. The van der Waals surface area contributed by atoms with Gasteiger partial charge in [-0.2, -0.15) is 0 Å². The molecule has 1 unspecified atom stereocenters. The zero-order valence-corrected chi connectivity index (χ0v) is 10.9. The zero-order valence-electron chi connectivity index (χ0n) is 9.32. The van der Waals surface area contributed by atoms with Crippen LogP contribution in [0.2, 0.25) is 0 Å². The van der Waals surface area contributed by atoms with Gasteiger partial charge >= 0.3 is 0 Å². The molecule has 1 aliphatic heterocycles. The molecule has 0 N–H and O–H groups in total. The Morgan fingerprint density at radius 1 is 1.31 bits per heavy atom. The van der Waals surface area contributed by atoms with Crippen LogP contribution < -0.4 is 0 Å². The summed E-state index contributed by atoms with van der Waals surface area (Å²) >= 11 is 7.37. The molecular weight excluding hydrogens is 244 g/mol. The molecule has 16 heavy (non-hydrogen) atoms. The average molecular weight is 261 g/mol. The fourth-order valence-electron chi connectivity index (χ4n) is 1.86. The van der Waals surface area contributed by atoms with E-state index in [2.05, 4.69) is 10.2 Å². The van der Waals surface area contributed by atoms with Crippen LogP contribution in [0.3, 0.4) is 0 Å². The Morgan fingerprint density at radius 3 is 2.81 bits per heavy atom. The summed E-state index contributed by atoms with van der Waals surface area (Å²) in [6.07, 6.45) is 6.91. The number of nitrogens with zero attached hydrogens (tertiary/aromatic N) is 2. The van der Waals surface area contributed by atoms with Crippen molar-refractivity contribution in [2.45, 2.75) is 44.6 Å². The smallest absolute Gasteiger partial charge is 0.117 e. The summed E-state index contributed by atoms with van der Waals surface area (Å²) in [5, 5.41) is 10.6. The van der Waals surface area contributed by atoms with Gasteiger partial charge in [0.15, 0.2) is 0 Å². The van der Waals surface area contributed by atoms with Gasteiger partial charge in [0.05, 0.1) is 6.10 Å². The maximum absolute atomic E-state index is 5.65. The van der Waals surface area contributed by atoms with Crippen LogP contribution >= 0.6 is 22.9 Å². The quantitative estimate of drug-likeness (QED) is 0.738. The topological polar surface area (TPSA) is 35.0 Å². The van der Waals surface area contributed by atoms with Gasteiger partial charge in [0, 0.05) is 25.3 Å². The molecule has 0 aromatic carbocycles. The third-order valence-corrected chi connectivity index (χ3v) is 4.05. The molecule has 0 saturated carbocycles. The average Bonchev–Trinajstić information content (AvgIpc) is 2.95. The lowest BCUT2D eigenvalue weighted by atomic mass is 10.1. The highest BCUT2D eigenvalue weighted by atomic mass is 35.5. The maximum atomic E-state index is 5.65. The van der Waals surface area contributed by atoms with Gasteiger partial charge in [-0.25, -0.2) is 0 Å². The van der Waals surface area contributed by atoms with Gasteiger partial charge < -0.3 is 4.74 Å². The van der Waals surface area contributed by atoms with E-state index in [1.165, 1.54) is 12.8 Å². The molecule has 0 spiro atoms. The van der Waals surface area contributed by atoms with Crippen LogP contribution in [-0.4, -0.2) is 28.8 Å². The zero-order chi connectivity index (χ0) is 11.2. The maximum Gasteiger partial charge on any atom is 0.117 e. The molecule has 2 rings (SSSR count). The highest BCUT2D eigenvalue weighted by Crippen LogP contribution is 2.19. The van der Waals surface area contributed by atoms with Gasteiger partial charge in [-0.15, -0.1) is 33.1 Å². The first kappa shape index (κ1) is 12.3. The van der Waals surface area contributed by atoms with Crippen molar-refractivity contribution in [1.29, 1.82) is 0 Å². The molecule has 1 saturated heterocycles. The number of halogens is 1. The normalized spacial score (nSPS) is 20.4. The van der Waals surface area contributed by atoms with Gasteiger partial charge in [0.1, 0.15) is 10.0 Å². The van der Waals surface area contributed by atoms with E-state index in [9.17, 15) is 0 Å². The molecule has 1 fully saturated rings. The summed E-state index contributed by atoms with van der Waals surface area (Å²) in [5.41, 5.74) is 0. The Morgan fingerprint density at radius 2 is 2.12 bits per heavy atom. The van der Waals surface area contributed by atoms with Crippen molar-refractivity contribution >= 4 is 22.9 Å². The predicted octanol–water partition coefficient (Wildman–Crippen LogP) is 2.82. The summed E-state index contributed by atoms with van der Waals surface area (Å²) in [6, 6.07) is 0. The molecule has 1 atom stereocenters. The van der Waals surface area contributed by atoms with Gasteiger partial charge in [0.2, 0.25) is 0 Å². The fourth-order valence-corrected chi connectivity index (χ4v) is 2.90. The minimum Gasteiger partial charge on any atom is -0.378 e. The third-order valence-electron chi connectivity index (χ3n) is 2.74. The second-order valence-corrected chi connectivity index (χ2v) is 5.58. The van der Waals surface area contributed by atoms with Gasteiger partial charge in [0.25, 0.3) is 0 Å². The van der Waals surface area contributed by atoms with E-state index in [1.54, 1.807) is 11.3 Å². The van der Waals surface area contributed by atoms with Crippen LogP contribution in [0.5, 0.6) is 0 Å². The number of ether oxygens (including phenoxy) is 1. The standard InChI is InChI=1S/C11H17ClN2OS/c12-7-1-4-10-13-14-11(16-10)6-5-9-3-2-8-15-9/h9H,1-8H2. The van der Waals surface area contributed by atoms with Crippen molar-refractivity contribution in [2.24, 2.45) is 0 Å². The number of rotatable bonds is 6. The Hall–Kier alpha value is -0.190. The minimum absolute atomic E-state index is 0.454. The lowest BCUT2D eigenvalue weighted by Gasteiger charge is -2.06. The van der Waals surface area contributed by atoms with E-state index in [1.807, 2.05) is 0 Å². The summed E-state index contributed by atoms with van der Waals surface area (Å²) in [6.45, 7) is 0.932. The number of aromatic nitrogens is 2. The molecule has 0 aliphatic carbocycles. The lowest BCUT2D eigenvalue weighted by Crippen LogP contribution is -2.05. The van der Waals surface area contributed by atoms with Gasteiger partial charge in [-0.3, -0.25) is 0 Å². The first-order valence-corrected chi connectivity index (χ1v) is 7.22. The molecule has 0 bridgehead atoms.